The van der Waals surface area contributed by atoms with Crippen LogP contribution in [0.5, 0.6) is 0 Å². The molecule has 0 bridgehead atoms. The second kappa shape index (κ2) is 5.13. The van der Waals surface area contributed by atoms with E-state index in [1.165, 1.54) is 51.7 Å². The minimum atomic E-state index is 0.779. The number of hydrogen-bond donors (Lipinski definition) is 1. The summed E-state index contributed by atoms with van der Waals surface area (Å²) in [4.78, 5) is 2.67. The summed E-state index contributed by atoms with van der Waals surface area (Å²) in [7, 11) is 0. The van der Waals surface area contributed by atoms with Crippen molar-refractivity contribution in [3.05, 3.63) is 0 Å². The molecule has 2 rings (SSSR count). The molecule has 0 aromatic rings. The third-order valence-electron chi connectivity index (χ3n) is 3.76. The van der Waals surface area contributed by atoms with Crippen molar-refractivity contribution in [1.29, 1.82) is 0 Å². The Bertz CT molecular complexity index is 164. The molecule has 1 unspecified atom stereocenters. The quantitative estimate of drug-likeness (QED) is 0.738. The minimum absolute atomic E-state index is 0.779. The van der Waals surface area contributed by atoms with E-state index in [9.17, 15) is 0 Å². The summed E-state index contributed by atoms with van der Waals surface area (Å²) in [6.45, 7) is 7.34. The standard InChI is InChI=1S/C12H24N2/c1-2-13-12-7-8-14(10-12)9-11-5-3-4-6-11/h11-13H,2-10H2,1H3. The topological polar surface area (TPSA) is 15.3 Å². The van der Waals surface area contributed by atoms with Crippen LogP contribution in [0, 0.1) is 5.92 Å². The van der Waals surface area contributed by atoms with Gasteiger partial charge in [0.25, 0.3) is 0 Å². The van der Waals surface area contributed by atoms with Gasteiger partial charge in [-0.3, -0.25) is 0 Å². The predicted molar refractivity (Wildman–Crippen MR) is 60.5 cm³/mol. The van der Waals surface area contributed by atoms with E-state index < -0.39 is 0 Å². The fraction of sp³-hybridized carbons (Fsp3) is 1.00. The van der Waals surface area contributed by atoms with E-state index >= 15 is 0 Å². The van der Waals surface area contributed by atoms with Crippen molar-refractivity contribution in [3.63, 3.8) is 0 Å². The van der Waals surface area contributed by atoms with Crippen LogP contribution in [0.4, 0.5) is 0 Å². The number of rotatable bonds is 4. The van der Waals surface area contributed by atoms with Gasteiger partial charge in [-0.2, -0.15) is 0 Å². The molecule has 1 heterocycles. The van der Waals surface area contributed by atoms with Crippen LogP contribution in [0.15, 0.2) is 0 Å². The lowest BCUT2D eigenvalue weighted by molar-refractivity contribution is 0.273. The molecule has 14 heavy (non-hydrogen) atoms. The Kier molecular flexibility index (Phi) is 3.82. The van der Waals surface area contributed by atoms with Gasteiger partial charge in [-0.25, -0.2) is 0 Å². The van der Waals surface area contributed by atoms with Crippen molar-refractivity contribution >= 4 is 0 Å². The highest BCUT2D eigenvalue weighted by molar-refractivity contribution is 4.82. The molecule has 2 fully saturated rings. The monoisotopic (exact) mass is 196 g/mol. The molecule has 0 spiro atoms. The Morgan fingerprint density at radius 2 is 2.00 bits per heavy atom. The van der Waals surface area contributed by atoms with Gasteiger partial charge in [0.15, 0.2) is 0 Å². The van der Waals surface area contributed by atoms with E-state index in [1.54, 1.807) is 0 Å². The van der Waals surface area contributed by atoms with Crippen LogP contribution in [0.2, 0.25) is 0 Å². The molecule has 2 nitrogen and oxygen atoms in total. The van der Waals surface area contributed by atoms with Gasteiger partial charge in [-0.1, -0.05) is 19.8 Å². The molecular formula is C12H24N2. The average molecular weight is 196 g/mol. The summed E-state index contributed by atoms with van der Waals surface area (Å²) in [5.74, 6) is 1.02. The molecule has 82 valence electrons. The smallest absolute Gasteiger partial charge is 0.0207 e. The second-order valence-electron chi connectivity index (χ2n) is 4.95. The fourth-order valence-electron chi connectivity index (χ4n) is 3.01. The lowest BCUT2D eigenvalue weighted by Gasteiger charge is -2.20. The van der Waals surface area contributed by atoms with E-state index in [4.69, 9.17) is 0 Å². The number of likely N-dealkylation sites (tertiary alicyclic amines) is 1. The zero-order valence-corrected chi connectivity index (χ0v) is 9.47. The highest BCUT2D eigenvalue weighted by Crippen LogP contribution is 2.26. The molecular weight excluding hydrogens is 172 g/mol. The van der Waals surface area contributed by atoms with E-state index in [0.717, 1.165) is 18.5 Å². The molecule has 1 N–H and O–H groups in total. The SMILES string of the molecule is CCNC1CCN(CC2CCCC2)C1. The largest absolute Gasteiger partial charge is 0.313 e. The summed E-state index contributed by atoms with van der Waals surface area (Å²) in [5, 5.41) is 3.56. The maximum atomic E-state index is 3.56. The van der Waals surface area contributed by atoms with Crippen molar-refractivity contribution in [1.82, 2.24) is 10.2 Å². The van der Waals surface area contributed by atoms with E-state index in [1.807, 2.05) is 0 Å². The van der Waals surface area contributed by atoms with Crippen LogP contribution in [0.25, 0.3) is 0 Å². The lowest BCUT2D eigenvalue weighted by atomic mass is 10.1. The minimum Gasteiger partial charge on any atom is -0.313 e. The second-order valence-corrected chi connectivity index (χ2v) is 4.95. The van der Waals surface area contributed by atoms with Gasteiger partial charge in [0.1, 0.15) is 0 Å². The van der Waals surface area contributed by atoms with E-state index in [0.29, 0.717) is 0 Å². The van der Waals surface area contributed by atoms with Crippen LogP contribution in [-0.4, -0.2) is 37.1 Å². The molecule has 1 aliphatic heterocycles. The van der Waals surface area contributed by atoms with Crippen LogP contribution in [0.1, 0.15) is 39.0 Å². The molecule has 0 aromatic heterocycles. The summed E-state index contributed by atoms with van der Waals surface area (Å²) in [6.07, 6.45) is 7.30. The molecule has 1 saturated carbocycles. The highest BCUT2D eigenvalue weighted by atomic mass is 15.2. The van der Waals surface area contributed by atoms with Crippen LogP contribution >= 0.6 is 0 Å². The highest BCUT2D eigenvalue weighted by Gasteiger charge is 2.25. The molecule has 1 aliphatic carbocycles. The van der Waals surface area contributed by atoms with Crippen molar-refractivity contribution in [2.45, 2.75) is 45.1 Å². The molecule has 0 amide bonds. The van der Waals surface area contributed by atoms with E-state index in [-0.39, 0.29) is 0 Å². The zero-order chi connectivity index (χ0) is 9.80. The first-order valence-electron chi connectivity index (χ1n) is 6.34. The predicted octanol–water partition coefficient (Wildman–Crippen LogP) is 1.86. The van der Waals surface area contributed by atoms with Gasteiger partial charge >= 0.3 is 0 Å². The Hall–Kier alpha value is -0.0800. The van der Waals surface area contributed by atoms with Crippen LogP contribution < -0.4 is 5.32 Å². The number of hydrogen-bond acceptors (Lipinski definition) is 2. The summed E-state index contributed by atoms with van der Waals surface area (Å²) in [5.41, 5.74) is 0. The molecule has 2 heteroatoms. The Balaban J connectivity index is 1.67. The molecule has 0 aromatic carbocycles. The first-order chi connectivity index (χ1) is 6.88. The van der Waals surface area contributed by atoms with Gasteiger partial charge in [0, 0.05) is 19.1 Å². The van der Waals surface area contributed by atoms with Crippen molar-refractivity contribution in [2.75, 3.05) is 26.2 Å². The third-order valence-corrected chi connectivity index (χ3v) is 3.76. The maximum Gasteiger partial charge on any atom is 0.0207 e. The number of nitrogens with one attached hydrogen (secondary N) is 1. The van der Waals surface area contributed by atoms with Gasteiger partial charge in [-0.15, -0.1) is 0 Å². The molecule has 1 atom stereocenters. The van der Waals surface area contributed by atoms with E-state index in [2.05, 4.69) is 17.1 Å². The molecule has 0 radical (unpaired) electrons. The lowest BCUT2D eigenvalue weighted by Crippen LogP contribution is -2.33. The summed E-state index contributed by atoms with van der Waals surface area (Å²) < 4.78 is 0. The normalized spacial score (nSPS) is 30.2. The van der Waals surface area contributed by atoms with Crippen molar-refractivity contribution < 1.29 is 0 Å². The van der Waals surface area contributed by atoms with Crippen LogP contribution in [-0.2, 0) is 0 Å². The van der Waals surface area contributed by atoms with Gasteiger partial charge in [0.05, 0.1) is 0 Å². The average Bonchev–Trinajstić information content (AvgIpc) is 2.79. The Morgan fingerprint density at radius 3 is 2.71 bits per heavy atom. The van der Waals surface area contributed by atoms with Crippen LogP contribution in [0.3, 0.4) is 0 Å². The molecule has 1 saturated heterocycles. The van der Waals surface area contributed by atoms with Crippen molar-refractivity contribution in [2.24, 2.45) is 5.92 Å². The fourth-order valence-corrected chi connectivity index (χ4v) is 3.01. The first kappa shape index (κ1) is 10.4. The number of likely N-dealkylation sites (N-methyl/N-ethyl adjacent to an activating group) is 1. The maximum absolute atomic E-state index is 3.56. The van der Waals surface area contributed by atoms with Crippen molar-refractivity contribution in [3.8, 4) is 0 Å². The summed E-state index contributed by atoms with van der Waals surface area (Å²) in [6, 6.07) is 0.779. The zero-order valence-electron chi connectivity index (χ0n) is 9.47. The summed E-state index contributed by atoms with van der Waals surface area (Å²) >= 11 is 0. The molecule has 2 aliphatic rings. The number of nitrogens with zero attached hydrogens (tertiary/aromatic N) is 1. The Morgan fingerprint density at radius 1 is 1.21 bits per heavy atom. The van der Waals surface area contributed by atoms with Gasteiger partial charge in [-0.05, 0) is 38.3 Å². The van der Waals surface area contributed by atoms with Gasteiger partial charge < -0.3 is 10.2 Å². The Labute approximate surface area is 88.1 Å². The third kappa shape index (κ3) is 2.71. The first-order valence-corrected chi connectivity index (χ1v) is 6.34. The van der Waals surface area contributed by atoms with Gasteiger partial charge in [0.2, 0.25) is 0 Å².